The SMILES string of the molecule is CCCn1nccc1S(=O)(=O)N1CCO[C@H](CN)C1. The Balaban J connectivity index is 2.23. The summed E-state index contributed by atoms with van der Waals surface area (Å²) in [5.74, 6) is 0. The van der Waals surface area contributed by atoms with Crippen LogP contribution in [0.1, 0.15) is 13.3 Å². The monoisotopic (exact) mass is 288 g/mol. The van der Waals surface area contributed by atoms with Gasteiger partial charge in [-0.1, -0.05) is 6.92 Å². The predicted octanol–water partition coefficient (Wildman–Crippen LogP) is -0.359. The van der Waals surface area contributed by atoms with E-state index in [1.807, 2.05) is 6.92 Å². The number of hydrogen-bond donors (Lipinski definition) is 1. The lowest BCUT2D eigenvalue weighted by atomic mass is 10.3. The second kappa shape index (κ2) is 6.00. The largest absolute Gasteiger partial charge is 0.374 e. The van der Waals surface area contributed by atoms with Crippen molar-refractivity contribution in [2.75, 3.05) is 26.2 Å². The summed E-state index contributed by atoms with van der Waals surface area (Å²) in [6.45, 7) is 3.93. The van der Waals surface area contributed by atoms with E-state index in [4.69, 9.17) is 10.5 Å². The van der Waals surface area contributed by atoms with Crippen molar-refractivity contribution in [2.24, 2.45) is 5.73 Å². The zero-order valence-electron chi connectivity index (χ0n) is 11.0. The molecule has 0 radical (unpaired) electrons. The Bertz CT molecular complexity index is 514. The lowest BCUT2D eigenvalue weighted by molar-refractivity contribution is 0.00435. The fraction of sp³-hybridized carbons (Fsp3) is 0.727. The van der Waals surface area contributed by atoms with Gasteiger partial charge in [0.25, 0.3) is 10.0 Å². The first kappa shape index (κ1) is 14.4. The van der Waals surface area contributed by atoms with Crippen molar-refractivity contribution in [3.8, 4) is 0 Å². The molecule has 0 bridgehead atoms. The van der Waals surface area contributed by atoms with Gasteiger partial charge in [-0.15, -0.1) is 0 Å². The van der Waals surface area contributed by atoms with Crippen LogP contribution in [0.4, 0.5) is 0 Å². The third kappa shape index (κ3) is 2.97. The number of sulfonamides is 1. The van der Waals surface area contributed by atoms with Crippen molar-refractivity contribution in [1.29, 1.82) is 0 Å². The molecule has 0 amide bonds. The van der Waals surface area contributed by atoms with Crippen molar-refractivity contribution in [3.63, 3.8) is 0 Å². The van der Waals surface area contributed by atoms with Gasteiger partial charge < -0.3 is 10.5 Å². The molecule has 0 aliphatic carbocycles. The van der Waals surface area contributed by atoms with E-state index in [0.717, 1.165) is 6.42 Å². The minimum absolute atomic E-state index is 0.230. The van der Waals surface area contributed by atoms with Gasteiger partial charge in [0.1, 0.15) is 0 Å². The Hall–Kier alpha value is -0.960. The predicted molar refractivity (Wildman–Crippen MR) is 70.1 cm³/mol. The van der Waals surface area contributed by atoms with Gasteiger partial charge in [-0.3, -0.25) is 4.68 Å². The van der Waals surface area contributed by atoms with Gasteiger partial charge in [-0.25, -0.2) is 8.42 Å². The number of nitrogens with two attached hydrogens (primary N) is 1. The van der Waals surface area contributed by atoms with Gasteiger partial charge in [0.05, 0.1) is 18.9 Å². The summed E-state index contributed by atoms with van der Waals surface area (Å²) in [6, 6.07) is 1.54. The van der Waals surface area contributed by atoms with E-state index < -0.39 is 10.0 Å². The number of ether oxygens (including phenoxy) is 1. The average Bonchev–Trinajstić information content (AvgIpc) is 2.88. The van der Waals surface area contributed by atoms with Crippen LogP contribution in [0.25, 0.3) is 0 Å². The molecule has 8 heteroatoms. The maximum Gasteiger partial charge on any atom is 0.260 e. The number of aromatic nitrogens is 2. The minimum atomic E-state index is -3.52. The highest BCUT2D eigenvalue weighted by molar-refractivity contribution is 7.89. The quantitative estimate of drug-likeness (QED) is 0.799. The van der Waals surface area contributed by atoms with Crippen LogP contribution in [0.3, 0.4) is 0 Å². The number of hydrogen-bond acceptors (Lipinski definition) is 5. The molecular weight excluding hydrogens is 268 g/mol. The zero-order chi connectivity index (χ0) is 13.9. The molecule has 7 nitrogen and oxygen atoms in total. The summed E-state index contributed by atoms with van der Waals surface area (Å²) in [4.78, 5) is 0. The van der Waals surface area contributed by atoms with E-state index in [0.29, 0.717) is 32.8 Å². The molecule has 0 unspecified atom stereocenters. The van der Waals surface area contributed by atoms with Crippen LogP contribution in [-0.2, 0) is 21.3 Å². The molecule has 0 spiro atoms. The Kier molecular flexibility index (Phi) is 4.56. The van der Waals surface area contributed by atoms with Crippen molar-refractivity contribution in [3.05, 3.63) is 12.3 Å². The van der Waals surface area contributed by atoms with Crippen LogP contribution in [-0.4, -0.2) is 54.8 Å². The van der Waals surface area contributed by atoms with E-state index in [1.54, 1.807) is 0 Å². The Morgan fingerprint density at radius 1 is 1.58 bits per heavy atom. The summed E-state index contributed by atoms with van der Waals surface area (Å²) >= 11 is 0. The maximum absolute atomic E-state index is 12.6. The fourth-order valence-electron chi connectivity index (χ4n) is 2.10. The van der Waals surface area contributed by atoms with Crippen LogP contribution in [0.5, 0.6) is 0 Å². The zero-order valence-corrected chi connectivity index (χ0v) is 11.8. The van der Waals surface area contributed by atoms with E-state index >= 15 is 0 Å². The van der Waals surface area contributed by atoms with Gasteiger partial charge in [0, 0.05) is 26.2 Å². The minimum Gasteiger partial charge on any atom is -0.374 e. The fourth-order valence-corrected chi connectivity index (χ4v) is 3.68. The molecule has 2 N–H and O–H groups in total. The van der Waals surface area contributed by atoms with Gasteiger partial charge >= 0.3 is 0 Å². The highest BCUT2D eigenvalue weighted by Gasteiger charge is 2.32. The molecule has 108 valence electrons. The first-order chi connectivity index (χ1) is 9.09. The lowest BCUT2D eigenvalue weighted by Crippen LogP contribution is -2.48. The number of morpholine rings is 1. The third-order valence-corrected chi connectivity index (χ3v) is 4.97. The molecule has 1 aliphatic rings. The van der Waals surface area contributed by atoms with Crippen LogP contribution in [0.15, 0.2) is 17.3 Å². The van der Waals surface area contributed by atoms with Crippen LogP contribution < -0.4 is 5.73 Å². The third-order valence-electron chi connectivity index (χ3n) is 3.08. The number of aryl methyl sites for hydroxylation is 1. The molecule has 1 aromatic rings. The summed E-state index contributed by atoms with van der Waals surface area (Å²) < 4.78 is 33.5. The van der Waals surface area contributed by atoms with Crippen molar-refractivity contribution in [1.82, 2.24) is 14.1 Å². The van der Waals surface area contributed by atoms with Crippen molar-refractivity contribution >= 4 is 10.0 Å². The molecular formula is C11H20N4O3S. The number of rotatable bonds is 5. The Labute approximate surface area is 113 Å². The van der Waals surface area contributed by atoms with E-state index in [2.05, 4.69) is 5.10 Å². The topological polar surface area (TPSA) is 90.5 Å². The molecule has 1 fully saturated rings. The van der Waals surface area contributed by atoms with Gasteiger partial charge in [-0.2, -0.15) is 9.40 Å². The van der Waals surface area contributed by atoms with Crippen LogP contribution >= 0.6 is 0 Å². The molecule has 1 aliphatic heterocycles. The molecule has 0 aromatic carbocycles. The summed E-state index contributed by atoms with van der Waals surface area (Å²) in [5, 5.41) is 4.30. The molecule has 1 aromatic heterocycles. The summed E-state index contributed by atoms with van der Waals surface area (Å²) in [5.41, 5.74) is 5.54. The first-order valence-corrected chi connectivity index (χ1v) is 7.87. The molecule has 1 atom stereocenters. The van der Waals surface area contributed by atoms with Gasteiger partial charge in [0.2, 0.25) is 0 Å². The lowest BCUT2D eigenvalue weighted by Gasteiger charge is -2.31. The molecule has 19 heavy (non-hydrogen) atoms. The second-order valence-corrected chi connectivity index (χ2v) is 6.37. The van der Waals surface area contributed by atoms with E-state index in [1.165, 1.54) is 21.3 Å². The van der Waals surface area contributed by atoms with Crippen molar-refractivity contribution in [2.45, 2.75) is 31.0 Å². The van der Waals surface area contributed by atoms with E-state index in [-0.39, 0.29) is 11.1 Å². The number of nitrogens with zero attached hydrogens (tertiary/aromatic N) is 3. The Morgan fingerprint density at radius 3 is 3.05 bits per heavy atom. The Morgan fingerprint density at radius 2 is 2.37 bits per heavy atom. The maximum atomic E-state index is 12.6. The summed E-state index contributed by atoms with van der Waals surface area (Å²) in [6.07, 6.45) is 2.12. The summed E-state index contributed by atoms with van der Waals surface area (Å²) in [7, 11) is -3.52. The molecule has 0 saturated carbocycles. The molecule has 1 saturated heterocycles. The van der Waals surface area contributed by atoms with Gasteiger partial charge in [0.15, 0.2) is 5.03 Å². The van der Waals surface area contributed by atoms with Crippen molar-refractivity contribution < 1.29 is 13.2 Å². The standard InChI is InChI=1S/C11H20N4O3S/c1-2-5-15-11(3-4-13-15)19(16,17)14-6-7-18-10(8-12)9-14/h3-4,10H,2,5-9,12H2,1H3/t10-/m1/s1. The second-order valence-electron chi connectivity index (χ2n) is 4.48. The average molecular weight is 288 g/mol. The molecule has 2 heterocycles. The normalized spacial score (nSPS) is 21.7. The van der Waals surface area contributed by atoms with Crippen LogP contribution in [0.2, 0.25) is 0 Å². The highest BCUT2D eigenvalue weighted by Crippen LogP contribution is 2.18. The molecule has 2 rings (SSSR count). The van der Waals surface area contributed by atoms with Crippen LogP contribution in [0, 0.1) is 0 Å². The van der Waals surface area contributed by atoms with E-state index in [9.17, 15) is 8.42 Å². The smallest absolute Gasteiger partial charge is 0.260 e. The van der Waals surface area contributed by atoms with Gasteiger partial charge in [-0.05, 0) is 12.5 Å². The first-order valence-electron chi connectivity index (χ1n) is 6.43. The highest BCUT2D eigenvalue weighted by atomic mass is 32.2.